The molecule has 0 saturated heterocycles. The lowest BCUT2D eigenvalue weighted by molar-refractivity contribution is -0.384. The van der Waals surface area contributed by atoms with Crippen molar-refractivity contribution in [3.63, 3.8) is 0 Å². The summed E-state index contributed by atoms with van der Waals surface area (Å²) in [6.45, 7) is 3.09. The number of aryl methyl sites for hydroxylation is 1. The van der Waals surface area contributed by atoms with Crippen LogP contribution in [0.3, 0.4) is 0 Å². The number of halogens is 1. The molecule has 2 amide bonds. The molecule has 212 valence electrons. The predicted molar refractivity (Wildman–Crippen MR) is 157 cm³/mol. The smallest absolute Gasteiger partial charge is 0.271 e. The first-order valence-electron chi connectivity index (χ1n) is 12.5. The number of non-ortho nitro benzene ring substituents is 1. The van der Waals surface area contributed by atoms with Crippen LogP contribution in [0.15, 0.2) is 77.3 Å². The highest BCUT2D eigenvalue weighted by Crippen LogP contribution is 2.28. The number of likely N-dealkylation sites (N-methyl/N-ethyl adjacent to an activating group) is 1. The van der Waals surface area contributed by atoms with Crippen molar-refractivity contribution in [1.29, 1.82) is 0 Å². The van der Waals surface area contributed by atoms with Crippen molar-refractivity contribution in [2.45, 2.75) is 32.9 Å². The van der Waals surface area contributed by atoms with Crippen LogP contribution < -0.4 is 9.62 Å². The zero-order valence-electron chi connectivity index (χ0n) is 22.4. The minimum atomic E-state index is -4.05. The summed E-state index contributed by atoms with van der Waals surface area (Å²) in [6.07, 6.45) is 1.13. The molecule has 0 spiro atoms. The largest absolute Gasteiger partial charge is 0.355 e. The van der Waals surface area contributed by atoms with Crippen molar-refractivity contribution < 1.29 is 22.9 Å². The van der Waals surface area contributed by atoms with Gasteiger partial charge < -0.3 is 10.2 Å². The Hall–Kier alpha value is -3.77. The summed E-state index contributed by atoms with van der Waals surface area (Å²) in [6, 6.07) is 19.4. The maximum Gasteiger partial charge on any atom is 0.271 e. The molecular weight excluding hydrogens is 600 g/mol. The number of benzene rings is 3. The van der Waals surface area contributed by atoms with E-state index in [1.807, 2.05) is 42.5 Å². The number of carbonyl (C=O) groups is 2. The molecule has 0 heterocycles. The normalized spacial score (nSPS) is 11.9. The summed E-state index contributed by atoms with van der Waals surface area (Å²) in [5.74, 6) is -1.02. The number of anilines is 1. The van der Waals surface area contributed by atoms with Crippen molar-refractivity contribution in [3.05, 3.63) is 104 Å². The molecule has 3 aromatic rings. The Labute approximate surface area is 242 Å². The lowest BCUT2D eigenvalue weighted by Crippen LogP contribution is -2.53. The van der Waals surface area contributed by atoms with Gasteiger partial charge in [0.2, 0.25) is 21.8 Å². The molecule has 1 N–H and O–H groups in total. The first-order valence-corrected chi connectivity index (χ1v) is 15.1. The topological polar surface area (TPSA) is 130 Å². The minimum Gasteiger partial charge on any atom is -0.355 e. The Kier molecular flexibility index (Phi) is 10.4. The van der Waals surface area contributed by atoms with E-state index in [0.717, 1.165) is 32.2 Å². The zero-order valence-corrected chi connectivity index (χ0v) is 24.8. The van der Waals surface area contributed by atoms with Crippen LogP contribution >= 0.6 is 15.9 Å². The number of nitrogens with one attached hydrogen (secondary N) is 1. The average molecular weight is 632 g/mol. The zero-order chi connectivity index (χ0) is 29.4. The maximum atomic E-state index is 14.0. The molecule has 0 fully saturated rings. The molecule has 0 aliphatic heterocycles. The molecule has 12 heteroatoms. The summed E-state index contributed by atoms with van der Waals surface area (Å²) in [5.41, 5.74) is 1.69. The predicted octanol–water partition coefficient (Wildman–Crippen LogP) is 4.21. The molecule has 3 aromatic carbocycles. The lowest BCUT2D eigenvalue weighted by Gasteiger charge is -2.33. The molecule has 0 aliphatic carbocycles. The van der Waals surface area contributed by atoms with Gasteiger partial charge >= 0.3 is 0 Å². The minimum absolute atomic E-state index is 0.0186. The molecule has 3 rings (SSSR count). The van der Waals surface area contributed by atoms with Gasteiger partial charge in [-0.05, 0) is 42.7 Å². The highest BCUT2D eigenvalue weighted by molar-refractivity contribution is 9.10. The number of amides is 2. The van der Waals surface area contributed by atoms with Crippen molar-refractivity contribution in [2.24, 2.45) is 0 Å². The van der Waals surface area contributed by atoms with Crippen molar-refractivity contribution in [3.8, 4) is 0 Å². The third-order valence-corrected chi connectivity index (χ3v) is 7.84. The van der Waals surface area contributed by atoms with Gasteiger partial charge in [0.05, 0.1) is 16.9 Å². The Bertz CT molecular complexity index is 1480. The summed E-state index contributed by atoms with van der Waals surface area (Å²) >= 11 is 3.43. The maximum absolute atomic E-state index is 14.0. The van der Waals surface area contributed by atoms with Gasteiger partial charge in [-0.2, -0.15) is 0 Å². The van der Waals surface area contributed by atoms with Crippen LogP contribution in [0, 0.1) is 17.0 Å². The quantitative estimate of drug-likeness (QED) is 0.236. The monoisotopic (exact) mass is 630 g/mol. The first kappa shape index (κ1) is 30.8. The number of hydrogen-bond acceptors (Lipinski definition) is 6. The number of rotatable bonds is 12. The van der Waals surface area contributed by atoms with Crippen molar-refractivity contribution in [2.75, 3.05) is 23.7 Å². The van der Waals surface area contributed by atoms with Gasteiger partial charge in [0.15, 0.2) is 0 Å². The van der Waals surface area contributed by atoms with Gasteiger partial charge in [-0.25, -0.2) is 8.42 Å². The SMILES string of the molecule is CCNC(=O)C(Cc1ccccc1)N(Cc1cccc(Br)c1)C(=O)CN(c1cc([N+](=O)[O-])ccc1C)S(C)(=O)=O. The van der Waals surface area contributed by atoms with Crippen LogP contribution in [-0.2, 0) is 32.6 Å². The van der Waals surface area contributed by atoms with E-state index in [2.05, 4.69) is 21.2 Å². The van der Waals surface area contributed by atoms with E-state index < -0.39 is 33.4 Å². The fourth-order valence-corrected chi connectivity index (χ4v) is 5.60. The molecule has 0 aliphatic rings. The van der Waals surface area contributed by atoms with E-state index in [9.17, 15) is 28.1 Å². The number of hydrogen-bond donors (Lipinski definition) is 1. The van der Waals surface area contributed by atoms with E-state index in [4.69, 9.17) is 0 Å². The van der Waals surface area contributed by atoms with E-state index >= 15 is 0 Å². The number of nitrogens with zero attached hydrogens (tertiary/aromatic N) is 3. The fraction of sp³-hybridized carbons (Fsp3) is 0.286. The van der Waals surface area contributed by atoms with Crippen LogP contribution in [0.2, 0.25) is 0 Å². The summed E-state index contributed by atoms with van der Waals surface area (Å²) in [7, 11) is -4.05. The van der Waals surface area contributed by atoms with E-state index in [1.54, 1.807) is 26.0 Å². The Morgan fingerprint density at radius 3 is 2.30 bits per heavy atom. The molecule has 1 atom stereocenters. The van der Waals surface area contributed by atoms with Gasteiger partial charge in [0, 0.05) is 36.1 Å². The highest BCUT2D eigenvalue weighted by atomic mass is 79.9. The van der Waals surface area contributed by atoms with Gasteiger partial charge in [-0.3, -0.25) is 24.0 Å². The van der Waals surface area contributed by atoms with Gasteiger partial charge in [0.25, 0.3) is 5.69 Å². The second-order valence-corrected chi connectivity index (χ2v) is 12.1. The van der Waals surface area contributed by atoms with Gasteiger partial charge in [-0.1, -0.05) is 64.5 Å². The van der Waals surface area contributed by atoms with E-state index in [0.29, 0.717) is 12.1 Å². The molecule has 40 heavy (non-hydrogen) atoms. The van der Waals surface area contributed by atoms with Crippen molar-refractivity contribution in [1.82, 2.24) is 10.2 Å². The molecular formula is C28H31BrN4O6S. The molecule has 0 saturated carbocycles. The number of carbonyl (C=O) groups excluding carboxylic acids is 2. The average Bonchev–Trinajstić information content (AvgIpc) is 2.89. The van der Waals surface area contributed by atoms with Crippen LogP contribution in [0.25, 0.3) is 0 Å². The second-order valence-electron chi connectivity index (χ2n) is 9.25. The number of sulfonamides is 1. The fourth-order valence-electron chi connectivity index (χ4n) is 4.25. The van der Waals surface area contributed by atoms with Crippen molar-refractivity contribution >= 4 is 49.1 Å². The van der Waals surface area contributed by atoms with Crippen LogP contribution in [0.4, 0.5) is 11.4 Å². The summed E-state index contributed by atoms with van der Waals surface area (Å²) < 4.78 is 27.5. The number of nitro groups is 1. The highest BCUT2D eigenvalue weighted by Gasteiger charge is 2.33. The molecule has 0 aromatic heterocycles. The lowest BCUT2D eigenvalue weighted by atomic mass is 10.0. The molecule has 1 unspecified atom stereocenters. The first-order chi connectivity index (χ1) is 18.9. The summed E-state index contributed by atoms with van der Waals surface area (Å²) in [5, 5.41) is 14.2. The number of nitro benzene ring substituents is 1. The third kappa shape index (κ3) is 8.12. The van der Waals surface area contributed by atoms with Gasteiger partial charge in [0.1, 0.15) is 12.6 Å². The van der Waals surface area contributed by atoms with E-state index in [-0.39, 0.29) is 30.2 Å². The van der Waals surface area contributed by atoms with E-state index in [1.165, 1.54) is 17.0 Å². The Morgan fingerprint density at radius 2 is 1.70 bits per heavy atom. The molecule has 10 nitrogen and oxygen atoms in total. The Morgan fingerprint density at radius 1 is 1.02 bits per heavy atom. The second kappa shape index (κ2) is 13.5. The van der Waals surface area contributed by atoms with Crippen LogP contribution in [0.1, 0.15) is 23.6 Å². The molecule has 0 radical (unpaired) electrons. The summed E-state index contributed by atoms with van der Waals surface area (Å²) in [4.78, 5) is 39.5. The third-order valence-electron chi connectivity index (χ3n) is 6.22. The van der Waals surface area contributed by atoms with Crippen LogP contribution in [-0.4, -0.2) is 55.4 Å². The standard InChI is InChI=1S/C28H31BrN4O6S/c1-4-30-28(35)26(16-21-9-6-5-7-10-21)31(18-22-11-8-12-23(29)15-22)27(34)19-32(40(3,38)39)25-17-24(33(36)37)14-13-20(25)2/h5-15,17,26H,4,16,18-19H2,1-3H3,(H,30,35). The Balaban J connectivity index is 2.09. The van der Waals surface area contributed by atoms with Crippen LogP contribution in [0.5, 0.6) is 0 Å². The molecule has 0 bridgehead atoms. The van der Waals surface area contributed by atoms with Gasteiger partial charge in [-0.15, -0.1) is 0 Å².